The van der Waals surface area contributed by atoms with Crippen LogP contribution in [0.2, 0.25) is 0 Å². The van der Waals surface area contributed by atoms with E-state index in [9.17, 15) is 4.79 Å². The molecule has 1 fully saturated rings. The monoisotopic (exact) mass is 421 g/mol. The molecule has 1 unspecified atom stereocenters. The van der Waals surface area contributed by atoms with Gasteiger partial charge in [0.15, 0.2) is 0 Å². The van der Waals surface area contributed by atoms with Crippen LogP contribution in [-0.4, -0.2) is 70.0 Å². The Balaban J connectivity index is 2.24. The van der Waals surface area contributed by atoms with E-state index in [-0.39, 0.29) is 17.4 Å². The number of morpholine rings is 1. The first-order valence-corrected chi connectivity index (χ1v) is 10.9. The molecule has 0 aliphatic carbocycles. The van der Waals surface area contributed by atoms with Crippen LogP contribution in [0.3, 0.4) is 0 Å². The second-order valence-corrected chi connectivity index (χ2v) is 8.79. The lowest BCUT2D eigenvalue weighted by molar-refractivity contribution is -0.117. The molecule has 0 aromatic heterocycles. The van der Waals surface area contributed by atoms with E-state index in [1.54, 1.807) is 0 Å². The van der Waals surface area contributed by atoms with Crippen molar-refractivity contribution >= 4 is 17.3 Å². The van der Waals surface area contributed by atoms with E-state index in [0.717, 1.165) is 24.5 Å². The van der Waals surface area contributed by atoms with Crippen LogP contribution in [0, 0.1) is 5.41 Å². The Morgan fingerprint density at radius 3 is 2.33 bits per heavy atom. The summed E-state index contributed by atoms with van der Waals surface area (Å²) in [7, 11) is 1.98. The first kappa shape index (κ1) is 24.3. The topological polar surface area (TPSA) is 63.3 Å². The number of ether oxygens (including phenoxy) is 3. The molecule has 7 heteroatoms. The van der Waals surface area contributed by atoms with Crippen LogP contribution in [0.5, 0.6) is 11.5 Å². The van der Waals surface area contributed by atoms with Crippen molar-refractivity contribution in [2.75, 3.05) is 63.3 Å². The van der Waals surface area contributed by atoms with E-state index >= 15 is 0 Å². The second-order valence-electron chi connectivity index (χ2n) is 8.79. The molecule has 1 amide bonds. The van der Waals surface area contributed by atoms with Crippen molar-refractivity contribution in [1.29, 1.82) is 0 Å². The molecule has 1 aliphatic rings. The van der Waals surface area contributed by atoms with Crippen LogP contribution < -0.4 is 19.7 Å². The maximum atomic E-state index is 12.8. The Morgan fingerprint density at radius 1 is 1.17 bits per heavy atom. The highest BCUT2D eigenvalue weighted by molar-refractivity contribution is 5.94. The number of hydrogen-bond donors (Lipinski definition) is 1. The summed E-state index contributed by atoms with van der Waals surface area (Å²) in [5.41, 5.74) is 1.70. The minimum atomic E-state index is -0.0730. The molecule has 30 heavy (non-hydrogen) atoms. The highest BCUT2D eigenvalue weighted by Crippen LogP contribution is 2.39. The summed E-state index contributed by atoms with van der Waals surface area (Å²) in [5.74, 6) is 1.33. The summed E-state index contributed by atoms with van der Waals surface area (Å²) in [6, 6.07) is 4.11. The van der Waals surface area contributed by atoms with E-state index in [1.807, 2.05) is 33.0 Å². The van der Waals surface area contributed by atoms with Crippen LogP contribution in [0.15, 0.2) is 12.1 Å². The number of nitrogens with one attached hydrogen (secondary N) is 1. The molecule has 7 nitrogen and oxygen atoms in total. The third kappa shape index (κ3) is 6.51. The van der Waals surface area contributed by atoms with Crippen LogP contribution in [0.4, 0.5) is 11.4 Å². The average Bonchev–Trinajstić information content (AvgIpc) is 2.69. The number of carbonyl (C=O) groups excluding carboxylic acids is 1. The van der Waals surface area contributed by atoms with Gasteiger partial charge >= 0.3 is 0 Å². The van der Waals surface area contributed by atoms with E-state index in [1.165, 1.54) is 0 Å². The van der Waals surface area contributed by atoms with Gasteiger partial charge in [-0.25, -0.2) is 0 Å². The molecule has 2 rings (SSSR count). The molecule has 1 N–H and O–H groups in total. The van der Waals surface area contributed by atoms with Gasteiger partial charge in [-0.3, -0.25) is 9.69 Å². The molecule has 170 valence electrons. The van der Waals surface area contributed by atoms with Crippen molar-refractivity contribution in [2.24, 2.45) is 5.41 Å². The number of amides is 1. The van der Waals surface area contributed by atoms with Crippen molar-refractivity contribution in [2.45, 2.75) is 47.6 Å². The number of anilines is 2. The normalized spacial score (nSPS) is 15.8. The molecule has 1 aromatic carbocycles. The summed E-state index contributed by atoms with van der Waals surface area (Å²) in [6.07, 6.45) is 0. The molecule has 1 heterocycles. The van der Waals surface area contributed by atoms with Crippen LogP contribution in [0.25, 0.3) is 0 Å². The average molecular weight is 422 g/mol. The van der Waals surface area contributed by atoms with Crippen LogP contribution >= 0.6 is 0 Å². The minimum Gasteiger partial charge on any atom is -0.492 e. The lowest BCUT2D eigenvalue weighted by Crippen LogP contribution is -2.43. The zero-order valence-corrected chi connectivity index (χ0v) is 19.7. The predicted molar refractivity (Wildman–Crippen MR) is 122 cm³/mol. The maximum absolute atomic E-state index is 12.8. The van der Waals surface area contributed by atoms with Crippen molar-refractivity contribution in [3.8, 4) is 11.5 Å². The lowest BCUT2D eigenvalue weighted by atomic mass is 9.87. The number of carbonyl (C=O) groups is 1. The Labute approximate surface area is 181 Å². The quantitative estimate of drug-likeness (QED) is 0.657. The number of likely N-dealkylation sites (N-methyl/N-ethyl adjacent to an activating group) is 1. The molecule has 1 atom stereocenters. The van der Waals surface area contributed by atoms with Gasteiger partial charge in [-0.05, 0) is 33.2 Å². The number of nitrogens with zero attached hydrogens (tertiary/aromatic N) is 2. The summed E-state index contributed by atoms with van der Waals surface area (Å²) in [5, 5.41) is 3.03. The van der Waals surface area contributed by atoms with Crippen molar-refractivity contribution in [3.05, 3.63) is 12.1 Å². The van der Waals surface area contributed by atoms with Gasteiger partial charge in [0.1, 0.15) is 11.5 Å². The zero-order valence-electron chi connectivity index (χ0n) is 19.7. The standard InChI is InChI=1S/C23H39N3O4/c1-8-29-20-15-19(26-10-12-28-13-11-26)21(30-9-2)14-18(20)24-22(27)16-25(7)17(3)23(4,5)6/h14-15,17H,8-13,16H2,1-7H3,(H,24,27). The van der Waals surface area contributed by atoms with Gasteiger partial charge in [-0.1, -0.05) is 20.8 Å². The highest BCUT2D eigenvalue weighted by Gasteiger charge is 2.26. The fourth-order valence-corrected chi connectivity index (χ4v) is 3.46. The molecule has 0 spiro atoms. The van der Waals surface area contributed by atoms with Crippen molar-refractivity contribution in [1.82, 2.24) is 4.90 Å². The zero-order chi connectivity index (χ0) is 22.3. The van der Waals surface area contributed by atoms with Gasteiger partial charge in [0.2, 0.25) is 5.91 Å². The molecular formula is C23H39N3O4. The number of rotatable bonds is 9. The predicted octanol–water partition coefficient (Wildman–Crippen LogP) is 3.63. The van der Waals surface area contributed by atoms with Gasteiger partial charge in [-0.2, -0.15) is 0 Å². The first-order valence-electron chi connectivity index (χ1n) is 10.9. The SMILES string of the molecule is CCOc1cc(N2CCOCC2)c(OCC)cc1NC(=O)CN(C)C(C)C(C)(C)C. The summed E-state index contributed by atoms with van der Waals surface area (Å²) in [6.45, 7) is 16.9. The van der Waals surface area contributed by atoms with E-state index < -0.39 is 0 Å². The Bertz CT molecular complexity index is 696. The molecular weight excluding hydrogens is 382 g/mol. The first-order chi connectivity index (χ1) is 14.2. The highest BCUT2D eigenvalue weighted by atomic mass is 16.5. The third-order valence-electron chi connectivity index (χ3n) is 5.59. The molecule has 1 aliphatic heterocycles. The Hall–Kier alpha value is -1.99. The number of hydrogen-bond acceptors (Lipinski definition) is 6. The fraction of sp³-hybridized carbons (Fsp3) is 0.696. The van der Waals surface area contributed by atoms with Crippen LogP contribution in [-0.2, 0) is 9.53 Å². The smallest absolute Gasteiger partial charge is 0.238 e. The van der Waals surface area contributed by atoms with E-state index in [4.69, 9.17) is 14.2 Å². The molecule has 0 radical (unpaired) electrons. The maximum Gasteiger partial charge on any atom is 0.238 e. The van der Waals surface area contributed by atoms with Crippen LogP contribution in [0.1, 0.15) is 41.5 Å². The fourth-order valence-electron chi connectivity index (χ4n) is 3.46. The largest absolute Gasteiger partial charge is 0.492 e. The molecule has 1 aromatic rings. The van der Waals surface area contributed by atoms with Gasteiger partial charge < -0.3 is 24.4 Å². The molecule has 0 saturated carbocycles. The van der Waals surface area contributed by atoms with Gasteiger partial charge in [0, 0.05) is 31.3 Å². The number of benzene rings is 1. The minimum absolute atomic E-state index is 0.0730. The summed E-state index contributed by atoms with van der Waals surface area (Å²) in [4.78, 5) is 17.1. The van der Waals surface area contributed by atoms with Gasteiger partial charge in [0.05, 0.1) is 44.3 Å². The molecule has 0 bridgehead atoms. The lowest BCUT2D eigenvalue weighted by Gasteiger charge is -2.35. The Morgan fingerprint density at radius 2 is 1.77 bits per heavy atom. The van der Waals surface area contributed by atoms with Gasteiger partial charge in [-0.15, -0.1) is 0 Å². The van der Waals surface area contributed by atoms with E-state index in [2.05, 4.69) is 42.8 Å². The summed E-state index contributed by atoms with van der Waals surface area (Å²) < 4.78 is 17.3. The van der Waals surface area contributed by atoms with Gasteiger partial charge in [0.25, 0.3) is 0 Å². The summed E-state index contributed by atoms with van der Waals surface area (Å²) >= 11 is 0. The third-order valence-corrected chi connectivity index (χ3v) is 5.59. The molecule has 1 saturated heterocycles. The second kappa shape index (κ2) is 10.9. The van der Waals surface area contributed by atoms with E-state index in [0.29, 0.717) is 44.4 Å². The van der Waals surface area contributed by atoms with Crippen molar-refractivity contribution in [3.63, 3.8) is 0 Å². The van der Waals surface area contributed by atoms with Crippen molar-refractivity contribution < 1.29 is 19.0 Å². The Kier molecular flexibility index (Phi) is 8.79.